The third kappa shape index (κ3) is 4.63. The molecule has 0 spiro atoms. The Morgan fingerprint density at radius 1 is 1.09 bits per heavy atom. The molecule has 0 saturated heterocycles. The van der Waals surface area contributed by atoms with Gasteiger partial charge >= 0.3 is 0 Å². The largest absolute Gasteiger partial charge is 0.349 e. The van der Waals surface area contributed by atoms with E-state index in [1.54, 1.807) is 11.8 Å². The number of amides is 1. The molecule has 1 atom stereocenters. The lowest BCUT2D eigenvalue weighted by Crippen LogP contribution is -2.29. The maximum atomic E-state index is 12.2. The van der Waals surface area contributed by atoms with Gasteiger partial charge in [-0.1, -0.05) is 43.3 Å². The molecule has 0 fully saturated rings. The Bertz CT molecular complexity index is 625. The summed E-state index contributed by atoms with van der Waals surface area (Å²) in [7, 11) is 0. The number of carbonyl (C=O) groups excluding carboxylic acids is 1. The van der Waals surface area contributed by atoms with E-state index in [4.69, 9.17) is 0 Å². The zero-order chi connectivity index (χ0) is 15.9. The lowest BCUT2D eigenvalue weighted by molar-refractivity contribution is -0.119. The molecular formula is C19H23NOS. The number of hydrogen-bond donors (Lipinski definition) is 1. The van der Waals surface area contributed by atoms with E-state index in [-0.39, 0.29) is 11.9 Å². The van der Waals surface area contributed by atoms with Crippen molar-refractivity contribution in [2.45, 2.75) is 38.1 Å². The van der Waals surface area contributed by atoms with Crippen LogP contribution in [0.15, 0.2) is 53.4 Å². The monoisotopic (exact) mass is 313 g/mol. The Hall–Kier alpha value is -1.74. The van der Waals surface area contributed by atoms with Crippen LogP contribution in [0.25, 0.3) is 0 Å². The summed E-state index contributed by atoms with van der Waals surface area (Å²) in [5.74, 6) is 0.532. The first kappa shape index (κ1) is 16.6. The van der Waals surface area contributed by atoms with Crippen LogP contribution in [-0.4, -0.2) is 11.7 Å². The van der Waals surface area contributed by atoms with Gasteiger partial charge in [-0.05, 0) is 49.1 Å². The number of thioether (sulfide) groups is 1. The summed E-state index contributed by atoms with van der Waals surface area (Å²) < 4.78 is 0. The second kappa shape index (κ2) is 8.04. The highest BCUT2D eigenvalue weighted by Crippen LogP contribution is 2.21. The highest BCUT2D eigenvalue weighted by molar-refractivity contribution is 8.00. The Labute approximate surface area is 137 Å². The van der Waals surface area contributed by atoms with Gasteiger partial charge < -0.3 is 5.32 Å². The average Bonchev–Trinajstić information content (AvgIpc) is 2.54. The summed E-state index contributed by atoms with van der Waals surface area (Å²) in [4.78, 5) is 13.3. The number of rotatable bonds is 6. The second-order valence-corrected chi connectivity index (χ2v) is 6.52. The van der Waals surface area contributed by atoms with Crippen molar-refractivity contribution in [3.63, 3.8) is 0 Å². The van der Waals surface area contributed by atoms with E-state index in [0.29, 0.717) is 5.75 Å². The Kier molecular flexibility index (Phi) is 6.08. The molecule has 2 aromatic rings. The normalized spacial score (nSPS) is 12.0. The number of benzene rings is 2. The fraction of sp³-hybridized carbons (Fsp3) is 0.316. The highest BCUT2D eigenvalue weighted by atomic mass is 32.2. The predicted octanol–water partition coefficient (Wildman–Crippen LogP) is 4.66. The van der Waals surface area contributed by atoms with Gasteiger partial charge in [-0.3, -0.25) is 4.79 Å². The van der Waals surface area contributed by atoms with Crippen LogP contribution in [-0.2, 0) is 4.79 Å². The van der Waals surface area contributed by atoms with E-state index in [9.17, 15) is 4.79 Å². The van der Waals surface area contributed by atoms with E-state index in [0.717, 1.165) is 11.3 Å². The highest BCUT2D eigenvalue weighted by Gasteiger charge is 2.13. The van der Waals surface area contributed by atoms with Crippen molar-refractivity contribution in [1.82, 2.24) is 5.32 Å². The average molecular weight is 313 g/mol. The maximum Gasteiger partial charge on any atom is 0.230 e. The van der Waals surface area contributed by atoms with Crippen LogP contribution in [0.1, 0.15) is 36.1 Å². The van der Waals surface area contributed by atoms with Gasteiger partial charge in [0, 0.05) is 4.90 Å². The minimum absolute atomic E-state index is 0.0823. The van der Waals surface area contributed by atoms with Crippen molar-refractivity contribution in [2.75, 3.05) is 5.75 Å². The van der Waals surface area contributed by atoms with Crippen LogP contribution >= 0.6 is 11.8 Å². The quantitative estimate of drug-likeness (QED) is 0.786. The fourth-order valence-corrected chi connectivity index (χ4v) is 3.03. The molecule has 1 N–H and O–H groups in total. The number of aryl methyl sites for hydroxylation is 2. The Balaban J connectivity index is 1.94. The van der Waals surface area contributed by atoms with Crippen LogP contribution in [0.4, 0.5) is 0 Å². The molecule has 2 rings (SSSR count). The molecule has 0 aliphatic carbocycles. The Morgan fingerprint density at radius 2 is 1.82 bits per heavy atom. The summed E-state index contributed by atoms with van der Waals surface area (Å²) in [6.45, 7) is 6.32. The SMILES string of the molecule is CC[C@H](NC(=O)CSc1ccccc1)c1ccc(C)c(C)c1. The topological polar surface area (TPSA) is 29.1 Å². The third-order valence-corrected chi connectivity index (χ3v) is 4.80. The molecule has 3 heteroatoms. The van der Waals surface area contributed by atoms with Crippen molar-refractivity contribution in [1.29, 1.82) is 0 Å². The molecule has 0 aliphatic rings. The first-order valence-electron chi connectivity index (χ1n) is 7.64. The summed E-state index contributed by atoms with van der Waals surface area (Å²) in [6, 6.07) is 16.5. The van der Waals surface area contributed by atoms with Gasteiger partial charge in [-0.15, -0.1) is 11.8 Å². The molecule has 2 aromatic carbocycles. The van der Waals surface area contributed by atoms with Crippen molar-refractivity contribution in [2.24, 2.45) is 0 Å². The van der Waals surface area contributed by atoms with Crippen LogP contribution < -0.4 is 5.32 Å². The smallest absolute Gasteiger partial charge is 0.230 e. The van der Waals surface area contributed by atoms with E-state index in [2.05, 4.69) is 44.3 Å². The molecule has 0 unspecified atom stereocenters. The van der Waals surface area contributed by atoms with E-state index >= 15 is 0 Å². The third-order valence-electron chi connectivity index (χ3n) is 3.79. The maximum absolute atomic E-state index is 12.2. The molecule has 116 valence electrons. The fourth-order valence-electron chi connectivity index (χ4n) is 2.30. The first-order chi connectivity index (χ1) is 10.6. The molecule has 0 saturated carbocycles. The van der Waals surface area contributed by atoms with Gasteiger partial charge in [0.2, 0.25) is 5.91 Å². The van der Waals surface area contributed by atoms with Gasteiger partial charge in [0.15, 0.2) is 0 Å². The summed E-state index contributed by atoms with van der Waals surface area (Å²) in [6.07, 6.45) is 0.893. The van der Waals surface area contributed by atoms with Gasteiger partial charge in [0.1, 0.15) is 0 Å². The molecule has 0 aliphatic heterocycles. The number of carbonyl (C=O) groups is 1. The van der Waals surface area contributed by atoms with Crippen molar-refractivity contribution in [3.05, 3.63) is 65.2 Å². The lowest BCUT2D eigenvalue weighted by atomic mass is 9.99. The standard InChI is InChI=1S/C19H23NOS/c1-4-18(16-11-10-14(2)15(3)12-16)20-19(21)13-22-17-8-6-5-7-9-17/h5-12,18H,4,13H2,1-3H3,(H,20,21)/t18-/m0/s1. The van der Waals surface area contributed by atoms with Crippen molar-refractivity contribution < 1.29 is 4.79 Å². The molecule has 1 amide bonds. The van der Waals surface area contributed by atoms with E-state index in [1.807, 2.05) is 30.3 Å². The van der Waals surface area contributed by atoms with Crippen molar-refractivity contribution >= 4 is 17.7 Å². The van der Waals surface area contributed by atoms with Crippen LogP contribution in [0.5, 0.6) is 0 Å². The minimum Gasteiger partial charge on any atom is -0.349 e. The zero-order valence-corrected chi connectivity index (χ0v) is 14.2. The minimum atomic E-state index is 0.0823. The van der Waals surface area contributed by atoms with Crippen LogP contribution in [0, 0.1) is 13.8 Å². The van der Waals surface area contributed by atoms with Crippen LogP contribution in [0.3, 0.4) is 0 Å². The molecule has 2 nitrogen and oxygen atoms in total. The second-order valence-electron chi connectivity index (χ2n) is 5.47. The molecule has 0 radical (unpaired) electrons. The summed E-state index contributed by atoms with van der Waals surface area (Å²) in [5.41, 5.74) is 3.73. The van der Waals surface area contributed by atoms with Gasteiger partial charge in [-0.25, -0.2) is 0 Å². The zero-order valence-electron chi connectivity index (χ0n) is 13.4. The summed E-state index contributed by atoms with van der Waals surface area (Å²) in [5, 5.41) is 3.14. The Morgan fingerprint density at radius 3 is 2.45 bits per heavy atom. The molecular weight excluding hydrogens is 290 g/mol. The molecule has 0 heterocycles. The van der Waals surface area contributed by atoms with Crippen LogP contribution in [0.2, 0.25) is 0 Å². The van der Waals surface area contributed by atoms with Gasteiger partial charge in [0.05, 0.1) is 11.8 Å². The van der Waals surface area contributed by atoms with E-state index < -0.39 is 0 Å². The van der Waals surface area contributed by atoms with Gasteiger partial charge in [0.25, 0.3) is 0 Å². The number of nitrogens with one attached hydrogen (secondary N) is 1. The molecule has 0 aromatic heterocycles. The van der Waals surface area contributed by atoms with E-state index in [1.165, 1.54) is 16.7 Å². The lowest BCUT2D eigenvalue weighted by Gasteiger charge is -2.18. The number of hydrogen-bond acceptors (Lipinski definition) is 2. The van der Waals surface area contributed by atoms with Crippen molar-refractivity contribution in [3.8, 4) is 0 Å². The summed E-state index contributed by atoms with van der Waals surface area (Å²) >= 11 is 1.57. The predicted molar refractivity (Wildman–Crippen MR) is 94.3 cm³/mol. The molecule has 0 bridgehead atoms. The first-order valence-corrected chi connectivity index (χ1v) is 8.63. The van der Waals surface area contributed by atoms with Gasteiger partial charge in [-0.2, -0.15) is 0 Å². The molecule has 22 heavy (non-hydrogen) atoms.